The Hall–Kier alpha value is -1.05. The van der Waals surface area contributed by atoms with Gasteiger partial charge in [0, 0.05) is 18.1 Å². The molecule has 2 N–H and O–H groups in total. The summed E-state index contributed by atoms with van der Waals surface area (Å²) >= 11 is 0. The Morgan fingerprint density at radius 2 is 2.08 bits per heavy atom. The molecule has 0 amide bonds. The van der Waals surface area contributed by atoms with Gasteiger partial charge in [-0.25, -0.2) is 0 Å². The maximum atomic E-state index is 5.83. The summed E-state index contributed by atoms with van der Waals surface area (Å²) in [5.74, 6) is 0.568. The van der Waals surface area contributed by atoms with Crippen LogP contribution >= 0.6 is 0 Å². The minimum Gasteiger partial charge on any atom is -0.398 e. The van der Waals surface area contributed by atoms with Gasteiger partial charge < -0.3 is 5.73 Å². The van der Waals surface area contributed by atoms with Gasteiger partial charge in [0.15, 0.2) is 0 Å². The maximum Gasteiger partial charge on any atom is 0.0380 e. The van der Waals surface area contributed by atoms with Crippen LogP contribution in [0.25, 0.3) is 0 Å². The summed E-state index contributed by atoms with van der Waals surface area (Å²) in [6, 6.07) is 1.87. The molecule has 1 heterocycles. The molecule has 12 heavy (non-hydrogen) atoms. The Kier molecular flexibility index (Phi) is 3.09. The van der Waals surface area contributed by atoms with Gasteiger partial charge in [-0.05, 0) is 30.4 Å². The minimum absolute atomic E-state index is 0.568. The first-order valence-corrected chi connectivity index (χ1v) is 4.49. The van der Waals surface area contributed by atoms with Crippen LogP contribution in [0.2, 0.25) is 0 Å². The summed E-state index contributed by atoms with van der Waals surface area (Å²) in [5, 5.41) is 0. The van der Waals surface area contributed by atoms with Crippen molar-refractivity contribution in [1.82, 2.24) is 4.98 Å². The molecule has 1 aromatic rings. The van der Waals surface area contributed by atoms with Crippen molar-refractivity contribution in [3.8, 4) is 0 Å². The van der Waals surface area contributed by atoms with Gasteiger partial charge in [0.1, 0.15) is 0 Å². The summed E-state index contributed by atoms with van der Waals surface area (Å²) < 4.78 is 0. The number of rotatable bonds is 3. The van der Waals surface area contributed by atoms with Crippen LogP contribution in [-0.2, 0) is 0 Å². The van der Waals surface area contributed by atoms with Crippen molar-refractivity contribution in [2.24, 2.45) is 0 Å². The molecule has 0 spiro atoms. The van der Waals surface area contributed by atoms with E-state index in [-0.39, 0.29) is 0 Å². The van der Waals surface area contributed by atoms with Crippen LogP contribution in [-0.4, -0.2) is 4.98 Å². The Balaban J connectivity index is 2.92. The van der Waals surface area contributed by atoms with Gasteiger partial charge in [-0.15, -0.1) is 0 Å². The normalized spacial score (nSPS) is 10.6. The second-order valence-electron chi connectivity index (χ2n) is 3.02. The molecule has 0 unspecified atom stereocenters. The second kappa shape index (κ2) is 4.10. The van der Waals surface area contributed by atoms with Crippen LogP contribution in [0, 0.1) is 0 Å². The first-order valence-electron chi connectivity index (χ1n) is 4.49. The number of aromatic nitrogens is 1. The molecule has 0 aliphatic heterocycles. The lowest BCUT2D eigenvalue weighted by Gasteiger charge is -2.13. The zero-order valence-corrected chi connectivity index (χ0v) is 7.75. The molecular weight excluding hydrogens is 148 g/mol. The lowest BCUT2D eigenvalue weighted by Crippen LogP contribution is -2.01. The fraction of sp³-hybridized carbons (Fsp3) is 0.500. The fourth-order valence-electron chi connectivity index (χ4n) is 1.49. The Labute approximate surface area is 73.8 Å². The summed E-state index contributed by atoms with van der Waals surface area (Å²) in [5.41, 5.74) is 7.90. The predicted octanol–water partition coefficient (Wildman–Crippen LogP) is 2.57. The van der Waals surface area contributed by atoms with Gasteiger partial charge in [0.25, 0.3) is 0 Å². The lowest BCUT2D eigenvalue weighted by molar-refractivity contribution is 0.641. The Morgan fingerprint density at radius 3 is 2.58 bits per heavy atom. The van der Waals surface area contributed by atoms with Gasteiger partial charge in [-0.1, -0.05) is 13.8 Å². The molecule has 2 nitrogen and oxygen atoms in total. The number of hydrogen-bond acceptors (Lipinski definition) is 2. The molecule has 0 fully saturated rings. The first kappa shape index (κ1) is 9.04. The lowest BCUT2D eigenvalue weighted by atomic mass is 9.94. The van der Waals surface area contributed by atoms with Gasteiger partial charge in [0.05, 0.1) is 0 Å². The molecule has 1 aromatic heterocycles. The molecule has 2 heteroatoms. The van der Waals surface area contributed by atoms with Crippen LogP contribution in [0.15, 0.2) is 18.5 Å². The van der Waals surface area contributed by atoms with E-state index in [0.29, 0.717) is 5.92 Å². The smallest absolute Gasteiger partial charge is 0.0380 e. The van der Waals surface area contributed by atoms with Crippen LogP contribution in [0.3, 0.4) is 0 Å². The number of nitrogens with two attached hydrogens (primary N) is 1. The summed E-state index contributed by atoms with van der Waals surface area (Å²) in [6.07, 6.45) is 5.88. The van der Waals surface area contributed by atoms with Gasteiger partial charge in [-0.3, -0.25) is 4.98 Å². The van der Waals surface area contributed by atoms with Crippen molar-refractivity contribution < 1.29 is 0 Å². The van der Waals surface area contributed by atoms with E-state index in [1.165, 1.54) is 5.56 Å². The van der Waals surface area contributed by atoms with E-state index in [0.717, 1.165) is 18.5 Å². The largest absolute Gasteiger partial charge is 0.398 e. The summed E-state index contributed by atoms with van der Waals surface area (Å²) in [7, 11) is 0. The number of pyridine rings is 1. The molecule has 0 saturated heterocycles. The van der Waals surface area contributed by atoms with E-state index in [1.54, 1.807) is 6.20 Å². The molecule has 0 atom stereocenters. The van der Waals surface area contributed by atoms with E-state index in [2.05, 4.69) is 18.8 Å². The number of anilines is 1. The SMILES string of the molecule is CCC(CC)c1cnccc1N. The van der Waals surface area contributed by atoms with Crippen LogP contribution in [0.5, 0.6) is 0 Å². The highest BCUT2D eigenvalue weighted by Crippen LogP contribution is 2.26. The zero-order chi connectivity index (χ0) is 8.97. The third-order valence-electron chi connectivity index (χ3n) is 2.31. The van der Waals surface area contributed by atoms with Gasteiger partial charge in [0.2, 0.25) is 0 Å². The fourth-order valence-corrected chi connectivity index (χ4v) is 1.49. The molecule has 0 aromatic carbocycles. The Bertz CT molecular complexity index is 241. The molecule has 0 saturated carbocycles. The highest BCUT2D eigenvalue weighted by Gasteiger charge is 2.09. The molecule has 0 aliphatic carbocycles. The van der Waals surface area contributed by atoms with E-state index in [9.17, 15) is 0 Å². The van der Waals surface area contributed by atoms with Crippen molar-refractivity contribution in [1.29, 1.82) is 0 Å². The summed E-state index contributed by atoms with van der Waals surface area (Å²) in [4.78, 5) is 4.08. The van der Waals surface area contributed by atoms with E-state index >= 15 is 0 Å². The average Bonchev–Trinajstić information content (AvgIpc) is 2.10. The van der Waals surface area contributed by atoms with Crippen LogP contribution < -0.4 is 5.73 Å². The predicted molar refractivity (Wildman–Crippen MR) is 52.0 cm³/mol. The second-order valence-corrected chi connectivity index (χ2v) is 3.02. The molecule has 1 rings (SSSR count). The number of nitrogens with zero attached hydrogens (tertiary/aromatic N) is 1. The monoisotopic (exact) mass is 164 g/mol. The zero-order valence-electron chi connectivity index (χ0n) is 7.75. The van der Waals surface area contributed by atoms with E-state index in [4.69, 9.17) is 5.73 Å². The Morgan fingerprint density at radius 1 is 1.42 bits per heavy atom. The third-order valence-corrected chi connectivity index (χ3v) is 2.31. The van der Waals surface area contributed by atoms with Crippen molar-refractivity contribution in [3.05, 3.63) is 24.0 Å². The van der Waals surface area contributed by atoms with Crippen molar-refractivity contribution in [3.63, 3.8) is 0 Å². The van der Waals surface area contributed by atoms with Crippen molar-refractivity contribution in [2.45, 2.75) is 32.6 Å². The van der Waals surface area contributed by atoms with Gasteiger partial charge >= 0.3 is 0 Å². The molecule has 0 bridgehead atoms. The third kappa shape index (κ3) is 1.76. The van der Waals surface area contributed by atoms with Crippen LogP contribution in [0.4, 0.5) is 5.69 Å². The summed E-state index contributed by atoms with van der Waals surface area (Å²) in [6.45, 7) is 4.36. The number of nitrogen functional groups attached to an aromatic ring is 1. The highest BCUT2D eigenvalue weighted by molar-refractivity contribution is 5.46. The molecule has 0 radical (unpaired) electrons. The molecule has 66 valence electrons. The molecule has 0 aliphatic rings. The van der Waals surface area contributed by atoms with Crippen molar-refractivity contribution in [2.75, 3.05) is 5.73 Å². The topological polar surface area (TPSA) is 38.9 Å². The van der Waals surface area contributed by atoms with Crippen LogP contribution in [0.1, 0.15) is 38.2 Å². The highest BCUT2D eigenvalue weighted by atomic mass is 14.7. The molecular formula is C10H16N2. The minimum atomic E-state index is 0.568. The van der Waals surface area contributed by atoms with E-state index < -0.39 is 0 Å². The standard InChI is InChI=1S/C10H16N2/c1-3-8(4-2)9-7-12-6-5-10(9)11/h5-8H,3-4H2,1-2H3,(H2,11,12). The van der Waals surface area contributed by atoms with E-state index in [1.807, 2.05) is 12.3 Å². The van der Waals surface area contributed by atoms with Crippen molar-refractivity contribution >= 4 is 5.69 Å². The van der Waals surface area contributed by atoms with Gasteiger partial charge in [-0.2, -0.15) is 0 Å². The number of hydrogen-bond donors (Lipinski definition) is 1. The quantitative estimate of drug-likeness (QED) is 0.745. The first-order chi connectivity index (χ1) is 5.79. The maximum absolute atomic E-state index is 5.83. The average molecular weight is 164 g/mol.